The van der Waals surface area contributed by atoms with Crippen LogP contribution < -0.4 is 5.63 Å². The van der Waals surface area contributed by atoms with Crippen LogP contribution in [0, 0.1) is 0 Å². The van der Waals surface area contributed by atoms with Gasteiger partial charge in [-0.2, -0.15) is 0 Å². The summed E-state index contributed by atoms with van der Waals surface area (Å²) >= 11 is 0. The van der Waals surface area contributed by atoms with Crippen LogP contribution in [0.25, 0.3) is 11.0 Å². The third-order valence-corrected chi connectivity index (χ3v) is 2.83. The van der Waals surface area contributed by atoms with Gasteiger partial charge in [-0.3, -0.25) is 4.99 Å². The number of aliphatic hydroxyl groups is 1. The predicted octanol–water partition coefficient (Wildman–Crippen LogP) is 2.89. The Morgan fingerprint density at radius 3 is 2.82 bits per heavy atom. The lowest BCUT2D eigenvalue weighted by molar-refractivity contribution is -0.138. The molecule has 0 unspecified atom stereocenters. The summed E-state index contributed by atoms with van der Waals surface area (Å²) in [6.07, 6.45) is 1.24. The SMILES string of the molecule is CCOC(=O)C(C=Nc1ccc2oc(=O)ccc2c1)=C(C)O. The van der Waals surface area contributed by atoms with Crippen LogP contribution in [0.2, 0.25) is 0 Å². The number of ether oxygens (including phenoxy) is 1. The second kappa shape index (κ2) is 6.71. The maximum atomic E-state index is 11.7. The first kappa shape index (κ1) is 15.5. The van der Waals surface area contributed by atoms with E-state index in [-0.39, 0.29) is 17.9 Å². The number of benzene rings is 1. The van der Waals surface area contributed by atoms with E-state index in [1.807, 2.05) is 0 Å². The van der Waals surface area contributed by atoms with Gasteiger partial charge in [-0.15, -0.1) is 0 Å². The first-order valence-corrected chi connectivity index (χ1v) is 6.66. The molecule has 0 aliphatic heterocycles. The van der Waals surface area contributed by atoms with Gasteiger partial charge < -0.3 is 14.3 Å². The van der Waals surface area contributed by atoms with Crippen LogP contribution in [0.15, 0.2) is 55.9 Å². The molecule has 1 N–H and O–H groups in total. The van der Waals surface area contributed by atoms with Crippen molar-refractivity contribution in [2.45, 2.75) is 13.8 Å². The molecule has 0 fully saturated rings. The zero-order chi connectivity index (χ0) is 16.1. The second-order valence-electron chi connectivity index (χ2n) is 4.45. The third-order valence-electron chi connectivity index (χ3n) is 2.83. The molecule has 22 heavy (non-hydrogen) atoms. The highest BCUT2D eigenvalue weighted by molar-refractivity contribution is 6.10. The summed E-state index contributed by atoms with van der Waals surface area (Å²) in [6, 6.07) is 7.89. The van der Waals surface area contributed by atoms with Gasteiger partial charge in [0.05, 0.1) is 12.3 Å². The van der Waals surface area contributed by atoms with Gasteiger partial charge >= 0.3 is 11.6 Å². The summed E-state index contributed by atoms with van der Waals surface area (Å²) in [6.45, 7) is 3.27. The molecule has 0 aliphatic rings. The fraction of sp³-hybridized carbons (Fsp3) is 0.188. The Balaban J connectivity index is 2.32. The minimum absolute atomic E-state index is 0.0125. The standard InChI is InChI=1S/C16H15NO5/c1-3-21-16(20)13(10(2)18)9-17-12-5-6-14-11(8-12)4-7-15(19)22-14/h4-9,18H,3H2,1-2H3. The molecule has 0 radical (unpaired) electrons. The van der Waals surface area contributed by atoms with E-state index in [1.165, 1.54) is 19.2 Å². The molecule has 2 aromatic rings. The predicted molar refractivity (Wildman–Crippen MR) is 82.6 cm³/mol. The largest absolute Gasteiger partial charge is 0.512 e. The molecule has 0 saturated heterocycles. The van der Waals surface area contributed by atoms with Crippen molar-refractivity contribution in [1.29, 1.82) is 0 Å². The highest BCUT2D eigenvalue weighted by Gasteiger charge is 2.11. The summed E-state index contributed by atoms with van der Waals surface area (Å²) in [5.74, 6) is -0.813. The number of hydrogen-bond donors (Lipinski definition) is 1. The maximum absolute atomic E-state index is 11.7. The second-order valence-corrected chi connectivity index (χ2v) is 4.45. The molecule has 1 aromatic carbocycles. The van der Waals surface area contributed by atoms with Crippen LogP contribution in [0.5, 0.6) is 0 Å². The molecule has 0 spiro atoms. The Labute approximate surface area is 126 Å². The van der Waals surface area contributed by atoms with E-state index in [0.29, 0.717) is 16.7 Å². The van der Waals surface area contributed by atoms with Gasteiger partial charge in [-0.25, -0.2) is 9.59 Å². The number of carbonyl (C=O) groups is 1. The number of esters is 1. The first-order chi connectivity index (χ1) is 10.5. The third kappa shape index (κ3) is 3.60. The van der Waals surface area contributed by atoms with E-state index < -0.39 is 11.6 Å². The van der Waals surface area contributed by atoms with Crippen molar-refractivity contribution in [2.24, 2.45) is 4.99 Å². The molecule has 0 aliphatic carbocycles. The number of rotatable bonds is 4. The van der Waals surface area contributed by atoms with Crippen molar-refractivity contribution < 1.29 is 19.1 Å². The fourth-order valence-corrected chi connectivity index (χ4v) is 1.78. The van der Waals surface area contributed by atoms with E-state index in [9.17, 15) is 14.7 Å². The van der Waals surface area contributed by atoms with Crippen LogP contribution in [0.3, 0.4) is 0 Å². The molecule has 2 rings (SSSR count). The lowest BCUT2D eigenvalue weighted by atomic mass is 10.2. The molecule has 1 heterocycles. The Morgan fingerprint density at radius 1 is 1.36 bits per heavy atom. The smallest absolute Gasteiger partial charge is 0.343 e. The summed E-state index contributed by atoms with van der Waals surface area (Å²) in [5, 5.41) is 10.2. The molecule has 1 aromatic heterocycles. The lowest BCUT2D eigenvalue weighted by Crippen LogP contribution is -2.10. The van der Waals surface area contributed by atoms with Crippen molar-refractivity contribution in [1.82, 2.24) is 0 Å². The number of carbonyl (C=O) groups excluding carboxylic acids is 1. The fourth-order valence-electron chi connectivity index (χ4n) is 1.78. The number of fused-ring (bicyclic) bond motifs is 1. The molecular formula is C16H15NO5. The average Bonchev–Trinajstić information content (AvgIpc) is 2.47. The molecule has 0 atom stereocenters. The van der Waals surface area contributed by atoms with Crippen LogP contribution >= 0.6 is 0 Å². The average molecular weight is 301 g/mol. The summed E-state index contributed by atoms with van der Waals surface area (Å²) in [7, 11) is 0. The molecule has 0 amide bonds. The van der Waals surface area contributed by atoms with Crippen molar-refractivity contribution in [3.05, 3.63) is 52.1 Å². The van der Waals surface area contributed by atoms with Crippen LogP contribution in [0.1, 0.15) is 13.8 Å². The van der Waals surface area contributed by atoms with Crippen LogP contribution in [0.4, 0.5) is 5.69 Å². The molecule has 6 nitrogen and oxygen atoms in total. The van der Waals surface area contributed by atoms with Gasteiger partial charge in [0.15, 0.2) is 0 Å². The minimum atomic E-state index is -0.641. The van der Waals surface area contributed by atoms with Gasteiger partial charge in [-0.05, 0) is 38.1 Å². The molecule has 6 heteroatoms. The lowest BCUT2D eigenvalue weighted by Gasteiger charge is -2.03. The summed E-state index contributed by atoms with van der Waals surface area (Å²) < 4.78 is 9.86. The van der Waals surface area contributed by atoms with Crippen molar-refractivity contribution in [2.75, 3.05) is 6.61 Å². The van der Waals surface area contributed by atoms with Gasteiger partial charge in [0.1, 0.15) is 16.9 Å². The normalized spacial score (nSPS) is 12.5. The number of aliphatic hydroxyl groups excluding tert-OH is 1. The Hall–Kier alpha value is -2.89. The molecule has 0 saturated carbocycles. The van der Waals surface area contributed by atoms with Gasteiger partial charge in [-0.1, -0.05) is 0 Å². The number of hydrogen-bond acceptors (Lipinski definition) is 6. The van der Waals surface area contributed by atoms with E-state index >= 15 is 0 Å². The number of aliphatic imine (C=N–C) groups is 1. The summed E-state index contributed by atoms with van der Waals surface area (Å²) in [5.41, 5.74) is 0.559. The topological polar surface area (TPSA) is 89.1 Å². The van der Waals surface area contributed by atoms with E-state index in [0.717, 1.165) is 0 Å². The zero-order valence-electron chi connectivity index (χ0n) is 12.2. The maximum Gasteiger partial charge on any atom is 0.343 e. The van der Waals surface area contributed by atoms with Crippen LogP contribution in [-0.2, 0) is 9.53 Å². The van der Waals surface area contributed by atoms with E-state index in [2.05, 4.69) is 4.99 Å². The number of allylic oxidation sites excluding steroid dienone is 1. The van der Waals surface area contributed by atoms with Gasteiger partial charge in [0, 0.05) is 17.7 Å². The van der Waals surface area contributed by atoms with Crippen molar-refractivity contribution >= 4 is 28.8 Å². The number of nitrogens with zero attached hydrogens (tertiary/aromatic N) is 1. The quantitative estimate of drug-likeness (QED) is 0.308. The molecule has 0 bridgehead atoms. The Morgan fingerprint density at radius 2 is 2.14 bits per heavy atom. The monoisotopic (exact) mass is 301 g/mol. The molecule has 114 valence electrons. The van der Waals surface area contributed by atoms with Crippen molar-refractivity contribution in [3.63, 3.8) is 0 Å². The minimum Gasteiger partial charge on any atom is -0.512 e. The highest BCUT2D eigenvalue weighted by atomic mass is 16.5. The Kier molecular flexibility index (Phi) is 4.73. The molecular weight excluding hydrogens is 286 g/mol. The van der Waals surface area contributed by atoms with Gasteiger partial charge in [0.25, 0.3) is 0 Å². The summed E-state index contributed by atoms with van der Waals surface area (Å²) in [4.78, 5) is 26.9. The Bertz CT molecular complexity index is 813. The zero-order valence-corrected chi connectivity index (χ0v) is 12.2. The highest BCUT2D eigenvalue weighted by Crippen LogP contribution is 2.20. The van der Waals surface area contributed by atoms with E-state index in [1.54, 1.807) is 31.2 Å². The van der Waals surface area contributed by atoms with Gasteiger partial charge in [0.2, 0.25) is 0 Å². The van der Waals surface area contributed by atoms with E-state index in [4.69, 9.17) is 9.15 Å². The van der Waals surface area contributed by atoms with Crippen molar-refractivity contribution in [3.8, 4) is 0 Å². The first-order valence-electron chi connectivity index (χ1n) is 6.66. The van der Waals surface area contributed by atoms with Crippen LogP contribution in [-0.4, -0.2) is 23.9 Å².